The Morgan fingerprint density at radius 2 is 2.04 bits per heavy atom. The average molecular weight is 365 g/mol. The van der Waals surface area contributed by atoms with E-state index in [0.717, 1.165) is 38.3 Å². The van der Waals surface area contributed by atoms with Gasteiger partial charge in [0.25, 0.3) is 5.91 Å². The molecule has 4 rings (SSSR count). The van der Waals surface area contributed by atoms with Gasteiger partial charge in [0.2, 0.25) is 10.0 Å². The summed E-state index contributed by atoms with van der Waals surface area (Å²) in [4.78, 5) is 17.2. The van der Waals surface area contributed by atoms with Crippen LogP contribution in [-0.4, -0.2) is 43.3 Å². The van der Waals surface area contributed by atoms with Crippen molar-refractivity contribution in [3.63, 3.8) is 0 Å². The molecule has 0 radical (unpaired) electrons. The lowest BCUT2D eigenvalue weighted by molar-refractivity contribution is 0.0787. The molecule has 6 nitrogen and oxygen atoms in total. The number of H-pyrrole nitrogens is 1. The highest BCUT2D eigenvalue weighted by Gasteiger charge is 2.42. The number of aromatic amines is 1. The number of carbonyl (C=O) groups is 1. The highest BCUT2D eigenvalue weighted by molar-refractivity contribution is 7.89. The zero-order valence-corrected chi connectivity index (χ0v) is 15.5. The van der Waals surface area contributed by atoms with Crippen molar-refractivity contribution in [1.82, 2.24) is 14.6 Å². The zero-order valence-electron chi connectivity index (χ0n) is 14.7. The van der Waals surface area contributed by atoms with Crippen LogP contribution in [0.15, 0.2) is 17.2 Å². The minimum absolute atomic E-state index is 0.0621. The van der Waals surface area contributed by atoms with E-state index in [0.29, 0.717) is 17.5 Å². The van der Waals surface area contributed by atoms with Gasteiger partial charge in [0.05, 0.1) is 0 Å². The molecule has 2 saturated carbocycles. The number of aromatic nitrogens is 1. The van der Waals surface area contributed by atoms with Gasteiger partial charge in [0.15, 0.2) is 0 Å². The Morgan fingerprint density at radius 3 is 2.68 bits per heavy atom. The third-order valence-corrected chi connectivity index (χ3v) is 7.90. The Balaban J connectivity index is 1.44. The van der Waals surface area contributed by atoms with Gasteiger partial charge in [0, 0.05) is 25.3 Å². The van der Waals surface area contributed by atoms with Crippen molar-refractivity contribution in [1.29, 1.82) is 0 Å². The summed E-state index contributed by atoms with van der Waals surface area (Å²) in [5.74, 6) is 1.79. The fourth-order valence-corrected chi connectivity index (χ4v) is 6.34. The molecule has 7 heteroatoms. The summed E-state index contributed by atoms with van der Waals surface area (Å²) in [5, 5.41) is 0. The van der Waals surface area contributed by atoms with Gasteiger partial charge < -0.3 is 9.88 Å². The van der Waals surface area contributed by atoms with Crippen molar-refractivity contribution >= 4 is 15.9 Å². The molecule has 2 heterocycles. The van der Waals surface area contributed by atoms with E-state index in [9.17, 15) is 13.2 Å². The van der Waals surface area contributed by atoms with Crippen molar-refractivity contribution in [2.45, 2.75) is 56.4 Å². The van der Waals surface area contributed by atoms with E-state index in [4.69, 9.17) is 0 Å². The Morgan fingerprint density at radius 1 is 1.28 bits per heavy atom. The molecule has 1 aromatic heterocycles. The molecule has 3 aliphatic rings. The SMILES string of the molecule is CC(NS(=O)(=O)c1c[nH]c(C(=O)N2CCCC2)c1)C1CC2CCC1C2. The molecule has 4 unspecified atom stereocenters. The van der Waals surface area contributed by atoms with E-state index in [1.165, 1.54) is 31.5 Å². The number of fused-ring (bicyclic) bond motifs is 2. The smallest absolute Gasteiger partial charge is 0.270 e. The molecular weight excluding hydrogens is 338 g/mol. The van der Waals surface area contributed by atoms with Crippen LogP contribution in [0.3, 0.4) is 0 Å². The molecule has 2 bridgehead atoms. The van der Waals surface area contributed by atoms with Crippen molar-refractivity contribution in [2.75, 3.05) is 13.1 Å². The molecule has 4 atom stereocenters. The standard InChI is InChI=1S/C18H27N3O3S/c1-12(16-9-13-4-5-14(16)8-13)20-25(23,24)15-10-17(19-11-15)18(22)21-6-2-3-7-21/h10-14,16,19-20H,2-9H2,1H3. The molecule has 25 heavy (non-hydrogen) atoms. The fourth-order valence-electron chi connectivity index (χ4n) is 5.05. The third-order valence-electron chi connectivity index (χ3n) is 6.37. The van der Waals surface area contributed by atoms with E-state index in [1.54, 1.807) is 4.90 Å². The maximum Gasteiger partial charge on any atom is 0.270 e. The van der Waals surface area contributed by atoms with Crippen molar-refractivity contribution in [2.24, 2.45) is 17.8 Å². The summed E-state index contributed by atoms with van der Waals surface area (Å²) < 4.78 is 28.3. The van der Waals surface area contributed by atoms with Crippen LogP contribution >= 0.6 is 0 Å². The van der Waals surface area contributed by atoms with Gasteiger partial charge >= 0.3 is 0 Å². The van der Waals surface area contributed by atoms with Crippen LogP contribution in [0.25, 0.3) is 0 Å². The van der Waals surface area contributed by atoms with Crippen LogP contribution < -0.4 is 4.72 Å². The van der Waals surface area contributed by atoms with Crippen LogP contribution in [0.2, 0.25) is 0 Å². The molecule has 0 aromatic carbocycles. The third kappa shape index (κ3) is 3.24. The molecule has 1 amide bonds. The monoisotopic (exact) mass is 365 g/mol. The van der Waals surface area contributed by atoms with Gasteiger partial charge in [-0.1, -0.05) is 6.42 Å². The van der Waals surface area contributed by atoms with Gasteiger partial charge in [-0.3, -0.25) is 4.79 Å². The fraction of sp³-hybridized carbons (Fsp3) is 0.722. The number of sulfonamides is 1. The number of likely N-dealkylation sites (tertiary alicyclic amines) is 1. The minimum Gasteiger partial charge on any atom is -0.356 e. The van der Waals surface area contributed by atoms with Crippen LogP contribution in [0.5, 0.6) is 0 Å². The summed E-state index contributed by atoms with van der Waals surface area (Å²) in [6.07, 6.45) is 8.40. The van der Waals surface area contributed by atoms with E-state index in [1.807, 2.05) is 6.92 Å². The van der Waals surface area contributed by atoms with Crippen molar-refractivity contribution in [3.8, 4) is 0 Å². The number of rotatable bonds is 5. The number of carbonyl (C=O) groups excluding carboxylic acids is 1. The van der Waals surface area contributed by atoms with Crippen LogP contribution in [0.4, 0.5) is 0 Å². The maximum absolute atomic E-state index is 12.7. The molecule has 1 aromatic rings. The van der Waals surface area contributed by atoms with Crippen LogP contribution in [0, 0.1) is 17.8 Å². The minimum atomic E-state index is -3.60. The molecule has 1 saturated heterocycles. The predicted octanol–water partition coefficient (Wildman–Crippen LogP) is 2.35. The molecule has 2 N–H and O–H groups in total. The first-order valence-corrected chi connectivity index (χ1v) is 10.9. The Bertz CT molecular complexity index is 751. The second-order valence-corrected chi connectivity index (χ2v) is 9.71. The van der Waals surface area contributed by atoms with Gasteiger partial charge in [-0.2, -0.15) is 0 Å². The molecular formula is C18H27N3O3S. The molecule has 138 valence electrons. The molecule has 1 aliphatic heterocycles. The molecule has 0 spiro atoms. The zero-order chi connectivity index (χ0) is 17.6. The summed E-state index contributed by atoms with van der Waals surface area (Å²) in [6.45, 7) is 3.48. The number of hydrogen-bond donors (Lipinski definition) is 2. The number of amides is 1. The summed E-state index contributed by atoms with van der Waals surface area (Å²) in [7, 11) is -3.60. The van der Waals surface area contributed by atoms with Crippen molar-refractivity contribution in [3.05, 3.63) is 18.0 Å². The number of hydrogen-bond acceptors (Lipinski definition) is 3. The predicted molar refractivity (Wildman–Crippen MR) is 94.7 cm³/mol. The van der Waals surface area contributed by atoms with E-state index in [2.05, 4.69) is 9.71 Å². The molecule has 2 aliphatic carbocycles. The van der Waals surface area contributed by atoms with Gasteiger partial charge in [-0.15, -0.1) is 0 Å². The van der Waals surface area contributed by atoms with E-state index in [-0.39, 0.29) is 16.8 Å². The lowest BCUT2D eigenvalue weighted by atomic mass is 9.84. The first-order valence-electron chi connectivity index (χ1n) is 9.44. The Kier molecular flexibility index (Phi) is 4.40. The largest absolute Gasteiger partial charge is 0.356 e. The second-order valence-electron chi connectivity index (χ2n) is 8.00. The number of nitrogens with one attached hydrogen (secondary N) is 2. The topological polar surface area (TPSA) is 82.3 Å². The van der Waals surface area contributed by atoms with E-state index >= 15 is 0 Å². The lowest BCUT2D eigenvalue weighted by Gasteiger charge is -2.28. The van der Waals surface area contributed by atoms with E-state index < -0.39 is 10.0 Å². The van der Waals surface area contributed by atoms with Crippen LogP contribution in [-0.2, 0) is 10.0 Å². The first kappa shape index (κ1) is 17.1. The highest BCUT2D eigenvalue weighted by Crippen LogP contribution is 2.49. The number of nitrogens with zero attached hydrogens (tertiary/aromatic N) is 1. The van der Waals surface area contributed by atoms with Crippen LogP contribution in [0.1, 0.15) is 55.9 Å². The summed E-state index contributed by atoms with van der Waals surface area (Å²) >= 11 is 0. The second kappa shape index (κ2) is 6.43. The average Bonchev–Trinajstić information content (AvgIpc) is 3.38. The normalized spacial score (nSPS) is 30.1. The first-order chi connectivity index (χ1) is 11.9. The lowest BCUT2D eigenvalue weighted by Crippen LogP contribution is -2.39. The van der Waals surface area contributed by atoms with Gasteiger partial charge in [-0.25, -0.2) is 13.1 Å². The summed E-state index contributed by atoms with van der Waals surface area (Å²) in [6, 6.07) is 1.41. The van der Waals surface area contributed by atoms with Crippen molar-refractivity contribution < 1.29 is 13.2 Å². The van der Waals surface area contributed by atoms with Gasteiger partial charge in [-0.05, 0) is 62.8 Å². The maximum atomic E-state index is 12.7. The highest BCUT2D eigenvalue weighted by atomic mass is 32.2. The Labute approximate surface area is 149 Å². The van der Waals surface area contributed by atoms with Gasteiger partial charge in [0.1, 0.15) is 10.6 Å². The summed E-state index contributed by atoms with van der Waals surface area (Å²) in [5.41, 5.74) is 0.356. The Hall–Kier alpha value is -1.34. The molecule has 3 fully saturated rings. The quantitative estimate of drug-likeness (QED) is 0.840.